The van der Waals surface area contributed by atoms with Gasteiger partial charge >= 0.3 is 18.1 Å². The quantitative estimate of drug-likeness (QED) is 0.568. The Labute approximate surface area is 192 Å². The standard InChI is InChI=1S/C20H22FN3O3.C2HF3O2/c1-23-9-4-10-24(12-11-23)14-7-8-18(16(13-14)20(26)27)22-19(25)15-5-2-3-6-17(15)21;3-2(4,5)1(6)7/h2-3,5-8,13H,4,9-12H2,1H3,(H,22,25)(H,26,27);(H,6,7). The number of carboxylic acid groups (broad SMARTS) is 2. The van der Waals surface area contributed by atoms with Crippen LogP contribution in [0.15, 0.2) is 42.5 Å². The summed E-state index contributed by atoms with van der Waals surface area (Å²) in [5.41, 5.74) is 0.793. The van der Waals surface area contributed by atoms with Crippen molar-refractivity contribution < 1.29 is 42.2 Å². The molecule has 1 aliphatic heterocycles. The van der Waals surface area contributed by atoms with Gasteiger partial charge in [-0.15, -0.1) is 0 Å². The van der Waals surface area contributed by atoms with E-state index in [1.54, 1.807) is 24.3 Å². The first-order chi connectivity index (χ1) is 15.9. The number of rotatable bonds is 4. The van der Waals surface area contributed by atoms with Crippen LogP contribution in [0.25, 0.3) is 0 Å². The maximum atomic E-state index is 13.8. The Kier molecular flexibility index (Phi) is 8.96. The Bertz CT molecular complexity index is 1050. The Hall–Kier alpha value is -3.67. The van der Waals surface area contributed by atoms with Crippen LogP contribution < -0.4 is 10.2 Å². The Morgan fingerprint density at radius 2 is 1.59 bits per heavy atom. The van der Waals surface area contributed by atoms with Crippen LogP contribution in [0.2, 0.25) is 0 Å². The summed E-state index contributed by atoms with van der Waals surface area (Å²) in [6, 6.07) is 10.5. The summed E-state index contributed by atoms with van der Waals surface area (Å²) < 4.78 is 45.5. The number of carbonyl (C=O) groups excluding carboxylic acids is 1. The molecule has 1 amide bonds. The molecule has 1 heterocycles. The minimum Gasteiger partial charge on any atom is -0.478 e. The number of nitrogens with zero attached hydrogens (tertiary/aromatic N) is 2. The van der Waals surface area contributed by atoms with E-state index in [0.717, 1.165) is 38.3 Å². The van der Waals surface area contributed by atoms with Crippen LogP contribution in [-0.2, 0) is 4.79 Å². The molecule has 1 saturated heterocycles. The molecule has 184 valence electrons. The maximum absolute atomic E-state index is 13.8. The smallest absolute Gasteiger partial charge is 0.478 e. The molecule has 34 heavy (non-hydrogen) atoms. The van der Waals surface area contributed by atoms with E-state index in [1.807, 2.05) is 0 Å². The lowest BCUT2D eigenvalue weighted by Crippen LogP contribution is -2.29. The highest BCUT2D eigenvalue weighted by Crippen LogP contribution is 2.25. The number of nitrogens with one attached hydrogen (secondary N) is 1. The van der Waals surface area contributed by atoms with E-state index in [-0.39, 0.29) is 16.8 Å². The molecule has 0 unspecified atom stereocenters. The zero-order chi connectivity index (χ0) is 25.5. The second-order valence-corrected chi connectivity index (χ2v) is 7.42. The highest BCUT2D eigenvalue weighted by Gasteiger charge is 2.38. The van der Waals surface area contributed by atoms with Crippen molar-refractivity contribution in [2.45, 2.75) is 12.6 Å². The second kappa shape index (κ2) is 11.5. The number of amides is 1. The molecule has 0 spiro atoms. The van der Waals surface area contributed by atoms with Crippen LogP contribution in [0.5, 0.6) is 0 Å². The van der Waals surface area contributed by atoms with Crippen molar-refractivity contribution in [1.29, 1.82) is 0 Å². The van der Waals surface area contributed by atoms with E-state index < -0.39 is 29.8 Å². The van der Waals surface area contributed by atoms with Crippen molar-refractivity contribution >= 4 is 29.2 Å². The van der Waals surface area contributed by atoms with E-state index in [9.17, 15) is 32.3 Å². The van der Waals surface area contributed by atoms with Crippen LogP contribution in [0.4, 0.5) is 28.9 Å². The number of anilines is 2. The maximum Gasteiger partial charge on any atom is 0.490 e. The summed E-state index contributed by atoms with van der Waals surface area (Å²) in [6.45, 7) is 3.54. The van der Waals surface area contributed by atoms with Gasteiger partial charge in [0.05, 0.1) is 16.8 Å². The number of hydrogen-bond donors (Lipinski definition) is 3. The van der Waals surface area contributed by atoms with Crippen molar-refractivity contribution in [2.75, 3.05) is 43.4 Å². The number of carbonyl (C=O) groups is 3. The number of benzene rings is 2. The fourth-order valence-electron chi connectivity index (χ4n) is 3.15. The lowest BCUT2D eigenvalue weighted by molar-refractivity contribution is -0.192. The minimum atomic E-state index is -5.08. The van der Waals surface area contributed by atoms with Gasteiger partial charge in [-0.05, 0) is 50.3 Å². The number of carboxylic acids is 2. The molecule has 2 aromatic carbocycles. The first-order valence-electron chi connectivity index (χ1n) is 10.1. The summed E-state index contributed by atoms with van der Waals surface area (Å²) in [6.07, 6.45) is -4.09. The van der Waals surface area contributed by atoms with E-state index in [0.29, 0.717) is 0 Å². The van der Waals surface area contributed by atoms with Crippen molar-refractivity contribution in [1.82, 2.24) is 4.90 Å². The molecule has 0 aromatic heterocycles. The van der Waals surface area contributed by atoms with Crippen LogP contribution in [-0.4, -0.2) is 72.4 Å². The van der Waals surface area contributed by atoms with Crippen LogP contribution >= 0.6 is 0 Å². The number of likely N-dealkylation sites (N-methyl/N-ethyl adjacent to an activating group) is 1. The number of hydrogen-bond acceptors (Lipinski definition) is 5. The molecule has 1 aliphatic rings. The summed E-state index contributed by atoms with van der Waals surface area (Å²) >= 11 is 0. The number of aromatic carboxylic acids is 1. The molecule has 12 heteroatoms. The van der Waals surface area contributed by atoms with E-state index in [1.165, 1.54) is 18.2 Å². The zero-order valence-electron chi connectivity index (χ0n) is 18.1. The molecule has 0 bridgehead atoms. The zero-order valence-corrected chi connectivity index (χ0v) is 18.1. The van der Waals surface area contributed by atoms with Crippen LogP contribution in [0.3, 0.4) is 0 Å². The Morgan fingerprint density at radius 1 is 0.941 bits per heavy atom. The topological polar surface area (TPSA) is 110 Å². The van der Waals surface area contributed by atoms with E-state index in [2.05, 4.69) is 22.2 Å². The van der Waals surface area contributed by atoms with Gasteiger partial charge in [-0.2, -0.15) is 13.2 Å². The third kappa shape index (κ3) is 7.44. The van der Waals surface area contributed by atoms with Gasteiger partial charge in [-0.25, -0.2) is 14.0 Å². The number of aliphatic carboxylic acids is 1. The predicted molar refractivity (Wildman–Crippen MR) is 116 cm³/mol. The predicted octanol–water partition coefficient (Wildman–Crippen LogP) is 3.55. The molecule has 0 aliphatic carbocycles. The molecule has 8 nitrogen and oxygen atoms in total. The van der Waals surface area contributed by atoms with Gasteiger partial charge in [0.15, 0.2) is 0 Å². The Balaban J connectivity index is 0.000000509. The van der Waals surface area contributed by atoms with Crippen molar-refractivity contribution in [3.05, 3.63) is 59.4 Å². The van der Waals surface area contributed by atoms with Gasteiger partial charge in [0, 0.05) is 25.3 Å². The van der Waals surface area contributed by atoms with E-state index in [4.69, 9.17) is 9.90 Å². The summed E-state index contributed by atoms with van der Waals surface area (Å²) in [7, 11) is 2.06. The normalized spacial score (nSPS) is 14.4. The molecule has 0 saturated carbocycles. The summed E-state index contributed by atoms with van der Waals surface area (Å²) in [4.78, 5) is 37.3. The fourth-order valence-corrected chi connectivity index (χ4v) is 3.15. The molecule has 2 aromatic rings. The molecule has 3 rings (SSSR count). The van der Waals surface area contributed by atoms with Gasteiger partial charge in [-0.1, -0.05) is 12.1 Å². The Morgan fingerprint density at radius 3 is 2.18 bits per heavy atom. The average Bonchev–Trinajstić information content (AvgIpc) is 2.98. The second-order valence-electron chi connectivity index (χ2n) is 7.42. The fraction of sp³-hybridized carbons (Fsp3) is 0.318. The van der Waals surface area contributed by atoms with Crippen LogP contribution in [0, 0.1) is 5.82 Å². The molecular weight excluding hydrogens is 462 g/mol. The lowest BCUT2D eigenvalue weighted by atomic mass is 10.1. The van der Waals surface area contributed by atoms with Crippen molar-refractivity contribution in [3.8, 4) is 0 Å². The molecule has 0 atom stereocenters. The van der Waals surface area contributed by atoms with Crippen molar-refractivity contribution in [2.24, 2.45) is 0 Å². The van der Waals surface area contributed by atoms with Gasteiger partial charge in [0.2, 0.25) is 0 Å². The summed E-state index contributed by atoms with van der Waals surface area (Å²) in [5.74, 6) is -5.24. The molecule has 1 fully saturated rings. The minimum absolute atomic E-state index is 0.0187. The summed E-state index contributed by atoms with van der Waals surface area (Å²) in [5, 5.41) is 19.2. The van der Waals surface area contributed by atoms with Gasteiger partial charge in [0.1, 0.15) is 5.82 Å². The van der Waals surface area contributed by atoms with Crippen LogP contribution in [0.1, 0.15) is 27.1 Å². The third-order valence-electron chi connectivity index (χ3n) is 4.93. The third-order valence-corrected chi connectivity index (χ3v) is 4.93. The van der Waals surface area contributed by atoms with Crippen molar-refractivity contribution in [3.63, 3.8) is 0 Å². The molecular formula is C22H23F4N3O5. The lowest BCUT2D eigenvalue weighted by Gasteiger charge is -2.24. The first kappa shape index (κ1) is 26.6. The number of halogens is 4. The SMILES string of the molecule is CN1CCCN(c2ccc(NC(=O)c3ccccc3F)c(C(=O)O)c2)CC1.O=C(O)C(F)(F)F. The largest absolute Gasteiger partial charge is 0.490 e. The van der Waals surface area contributed by atoms with E-state index >= 15 is 0 Å². The monoisotopic (exact) mass is 485 g/mol. The van der Waals surface area contributed by atoms with Gasteiger partial charge < -0.3 is 25.3 Å². The molecule has 3 N–H and O–H groups in total. The first-order valence-corrected chi connectivity index (χ1v) is 10.1. The van der Waals surface area contributed by atoms with Gasteiger partial charge in [-0.3, -0.25) is 4.79 Å². The molecule has 0 radical (unpaired) electrons. The average molecular weight is 485 g/mol. The highest BCUT2D eigenvalue weighted by molar-refractivity contribution is 6.08. The highest BCUT2D eigenvalue weighted by atomic mass is 19.4. The van der Waals surface area contributed by atoms with Gasteiger partial charge in [0.25, 0.3) is 5.91 Å². The number of alkyl halides is 3.